The Bertz CT molecular complexity index is 1450. The molecule has 2 aliphatic rings. The Morgan fingerprint density at radius 3 is 1.62 bits per heavy atom. The maximum absolute atomic E-state index is 12.4. The molecular formula is C38H58N4O5. The SMILES string of the molecule is CCC1(C)CC(c2c(NC(=O)O)ccc(Oc3ccc(NC(=O)O)cc3)c2C2CC(C)(CC)NC(C)(CC)C2C)C(C)C(C)(CC)N1. The van der Waals surface area contributed by atoms with Crippen LogP contribution in [0.3, 0.4) is 0 Å². The number of piperidine rings is 2. The predicted octanol–water partition coefficient (Wildman–Crippen LogP) is 9.76. The minimum atomic E-state index is -1.13. The number of hydrogen-bond donors (Lipinski definition) is 6. The smallest absolute Gasteiger partial charge is 0.409 e. The van der Waals surface area contributed by atoms with Gasteiger partial charge in [-0.15, -0.1) is 0 Å². The van der Waals surface area contributed by atoms with Crippen molar-refractivity contribution in [3.8, 4) is 11.5 Å². The van der Waals surface area contributed by atoms with E-state index in [1.165, 1.54) is 0 Å². The van der Waals surface area contributed by atoms with Crippen LogP contribution < -0.4 is 26.0 Å². The lowest BCUT2D eigenvalue weighted by atomic mass is 9.59. The molecule has 2 aliphatic heterocycles. The average Bonchev–Trinajstić information content (AvgIpc) is 3.02. The molecule has 0 saturated carbocycles. The average molecular weight is 651 g/mol. The Kier molecular flexibility index (Phi) is 10.6. The van der Waals surface area contributed by atoms with Crippen LogP contribution in [0.25, 0.3) is 0 Å². The molecular weight excluding hydrogens is 592 g/mol. The molecule has 0 bridgehead atoms. The molecule has 9 nitrogen and oxygen atoms in total. The maximum atomic E-state index is 12.4. The Morgan fingerprint density at radius 2 is 1.19 bits per heavy atom. The number of benzene rings is 2. The van der Waals surface area contributed by atoms with Crippen molar-refractivity contribution in [2.45, 2.75) is 142 Å². The van der Waals surface area contributed by atoms with E-state index in [2.05, 4.69) is 90.5 Å². The zero-order chi connectivity index (χ0) is 34.9. The second kappa shape index (κ2) is 13.7. The molecule has 2 amide bonds. The van der Waals surface area contributed by atoms with E-state index in [9.17, 15) is 19.8 Å². The van der Waals surface area contributed by atoms with Gasteiger partial charge in [-0.2, -0.15) is 0 Å². The standard InChI is InChI=1S/C38H58N4O5/c1-11-35(7)21-27(23(5)37(9,13-3)41-35)31-29(40-34(45)46)19-20-30(47-26-17-15-25(16-18-26)39-33(43)44)32(31)28-22-36(8,12-2)42-38(10,14-4)24(28)6/h15-20,23-24,27-28,39-42H,11-14,21-22H2,1-10H3,(H,43,44)(H,45,46). The summed E-state index contributed by atoms with van der Waals surface area (Å²) in [5.41, 5.74) is 2.61. The summed E-state index contributed by atoms with van der Waals surface area (Å²) >= 11 is 0. The number of amides is 2. The lowest BCUT2D eigenvalue weighted by molar-refractivity contribution is 0.0621. The summed E-state index contributed by atoms with van der Waals surface area (Å²) in [5, 5.41) is 32.6. The molecule has 0 spiro atoms. The van der Waals surface area contributed by atoms with Gasteiger partial charge in [-0.1, -0.05) is 41.5 Å². The van der Waals surface area contributed by atoms with Gasteiger partial charge in [-0.25, -0.2) is 9.59 Å². The van der Waals surface area contributed by atoms with Gasteiger partial charge in [0, 0.05) is 39.1 Å². The van der Waals surface area contributed by atoms with Crippen molar-refractivity contribution in [2.75, 3.05) is 10.6 Å². The van der Waals surface area contributed by atoms with Crippen LogP contribution in [0.4, 0.5) is 21.0 Å². The number of nitrogens with one attached hydrogen (secondary N) is 4. The van der Waals surface area contributed by atoms with Crippen LogP contribution in [0.5, 0.6) is 11.5 Å². The van der Waals surface area contributed by atoms with Crippen LogP contribution in [0, 0.1) is 11.8 Å². The highest BCUT2D eigenvalue weighted by Gasteiger charge is 2.51. The third kappa shape index (κ3) is 7.41. The van der Waals surface area contributed by atoms with Crippen LogP contribution in [-0.2, 0) is 0 Å². The molecule has 2 aromatic carbocycles. The molecule has 8 unspecified atom stereocenters. The van der Waals surface area contributed by atoms with E-state index in [-0.39, 0.29) is 45.8 Å². The zero-order valence-electron chi connectivity index (χ0n) is 30.1. The van der Waals surface area contributed by atoms with Crippen LogP contribution in [0.15, 0.2) is 36.4 Å². The summed E-state index contributed by atoms with van der Waals surface area (Å²) in [4.78, 5) is 23.6. The number of rotatable bonds is 10. The van der Waals surface area contributed by atoms with Crippen molar-refractivity contribution in [3.05, 3.63) is 47.5 Å². The van der Waals surface area contributed by atoms with Crippen LogP contribution in [0.1, 0.15) is 131 Å². The monoisotopic (exact) mass is 650 g/mol. The minimum Gasteiger partial charge on any atom is -0.465 e. The van der Waals surface area contributed by atoms with E-state index in [1.54, 1.807) is 24.3 Å². The summed E-state index contributed by atoms with van der Waals surface area (Å²) in [6.07, 6.45) is 3.31. The zero-order valence-corrected chi connectivity index (χ0v) is 30.1. The van der Waals surface area contributed by atoms with Crippen molar-refractivity contribution < 1.29 is 24.5 Å². The molecule has 4 rings (SSSR count). The molecule has 6 N–H and O–H groups in total. The van der Waals surface area contributed by atoms with Gasteiger partial charge in [0.05, 0.1) is 0 Å². The van der Waals surface area contributed by atoms with Gasteiger partial charge in [0.1, 0.15) is 11.5 Å². The molecule has 260 valence electrons. The Balaban J connectivity index is 2.03. The van der Waals surface area contributed by atoms with E-state index in [0.29, 0.717) is 22.9 Å². The highest BCUT2D eigenvalue weighted by atomic mass is 16.5. The molecule has 2 heterocycles. The largest absolute Gasteiger partial charge is 0.465 e. The number of carbonyl (C=O) groups is 2. The number of anilines is 2. The van der Waals surface area contributed by atoms with Crippen molar-refractivity contribution in [1.29, 1.82) is 0 Å². The lowest BCUT2D eigenvalue weighted by Crippen LogP contribution is -2.64. The first-order valence-electron chi connectivity index (χ1n) is 17.5. The number of ether oxygens (including phenoxy) is 1. The topological polar surface area (TPSA) is 132 Å². The third-order valence-corrected chi connectivity index (χ3v) is 12.3. The minimum absolute atomic E-state index is 0.0524. The predicted molar refractivity (Wildman–Crippen MR) is 190 cm³/mol. The number of carboxylic acid groups (broad SMARTS) is 2. The molecule has 2 fully saturated rings. The van der Waals surface area contributed by atoms with Crippen LogP contribution >= 0.6 is 0 Å². The van der Waals surface area contributed by atoms with E-state index in [4.69, 9.17) is 4.74 Å². The molecule has 8 atom stereocenters. The van der Waals surface area contributed by atoms with E-state index in [1.807, 2.05) is 12.1 Å². The highest BCUT2D eigenvalue weighted by Crippen LogP contribution is 2.56. The summed E-state index contributed by atoms with van der Waals surface area (Å²) < 4.78 is 6.77. The molecule has 0 radical (unpaired) electrons. The molecule has 2 saturated heterocycles. The summed E-state index contributed by atoms with van der Waals surface area (Å²) in [5.74, 6) is 1.83. The molecule has 0 aromatic heterocycles. The lowest BCUT2D eigenvalue weighted by Gasteiger charge is -2.56. The van der Waals surface area contributed by atoms with Crippen molar-refractivity contribution in [1.82, 2.24) is 10.6 Å². The molecule has 47 heavy (non-hydrogen) atoms. The Morgan fingerprint density at radius 1 is 0.723 bits per heavy atom. The molecule has 9 heteroatoms. The second-order valence-corrected chi connectivity index (χ2v) is 15.2. The van der Waals surface area contributed by atoms with Gasteiger partial charge in [-0.05, 0) is 132 Å². The van der Waals surface area contributed by atoms with E-state index < -0.39 is 12.2 Å². The first kappa shape index (κ1) is 36.5. The Hall–Kier alpha value is -3.30. The Labute approximate surface area is 281 Å². The van der Waals surface area contributed by atoms with Crippen molar-refractivity contribution in [3.63, 3.8) is 0 Å². The van der Waals surface area contributed by atoms with Gasteiger partial charge in [0.2, 0.25) is 0 Å². The van der Waals surface area contributed by atoms with Crippen LogP contribution in [0.2, 0.25) is 0 Å². The van der Waals surface area contributed by atoms with Gasteiger partial charge in [0.15, 0.2) is 0 Å². The van der Waals surface area contributed by atoms with E-state index >= 15 is 0 Å². The van der Waals surface area contributed by atoms with Crippen molar-refractivity contribution >= 4 is 23.6 Å². The van der Waals surface area contributed by atoms with Gasteiger partial charge < -0.3 is 25.6 Å². The second-order valence-electron chi connectivity index (χ2n) is 15.2. The highest BCUT2D eigenvalue weighted by molar-refractivity contribution is 5.85. The van der Waals surface area contributed by atoms with Crippen LogP contribution in [-0.4, -0.2) is 44.6 Å². The fraction of sp³-hybridized carbons (Fsp3) is 0.632. The first-order chi connectivity index (χ1) is 22.0. The summed E-state index contributed by atoms with van der Waals surface area (Å²) in [6, 6.07) is 10.7. The first-order valence-corrected chi connectivity index (χ1v) is 17.5. The molecule has 2 aromatic rings. The quantitative estimate of drug-likeness (QED) is 0.151. The molecule has 0 aliphatic carbocycles. The fourth-order valence-electron chi connectivity index (χ4n) is 8.48. The summed E-state index contributed by atoms with van der Waals surface area (Å²) in [7, 11) is 0. The van der Waals surface area contributed by atoms with E-state index in [0.717, 1.165) is 49.7 Å². The van der Waals surface area contributed by atoms with Gasteiger partial charge in [-0.3, -0.25) is 10.6 Å². The normalized spacial score (nSPS) is 34.0. The number of hydrogen-bond acceptors (Lipinski definition) is 5. The van der Waals surface area contributed by atoms with Gasteiger partial charge >= 0.3 is 12.2 Å². The third-order valence-electron chi connectivity index (χ3n) is 12.3. The maximum Gasteiger partial charge on any atom is 0.409 e. The summed E-state index contributed by atoms with van der Waals surface area (Å²) in [6.45, 7) is 22.8. The van der Waals surface area contributed by atoms with Gasteiger partial charge in [0.25, 0.3) is 0 Å². The fourth-order valence-corrected chi connectivity index (χ4v) is 8.48. The van der Waals surface area contributed by atoms with Crippen molar-refractivity contribution in [2.24, 2.45) is 11.8 Å².